The van der Waals surface area contributed by atoms with Gasteiger partial charge in [0.25, 0.3) is 0 Å². The number of hydrogen-bond donors (Lipinski definition) is 1. The van der Waals surface area contributed by atoms with Crippen LogP contribution in [0.2, 0.25) is 0 Å². The van der Waals surface area contributed by atoms with Crippen LogP contribution in [-0.4, -0.2) is 11.1 Å². The number of aliphatic carboxylic acids is 1. The van der Waals surface area contributed by atoms with E-state index in [0.717, 1.165) is 24.5 Å². The van der Waals surface area contributed by atoms with E-state index < -0.39 is 5.97 Å². The minimum absolute atomic E-state index is 0.925. The highest BCUT2D eigenvalue weighted by Gasteiger charge is 1.95. The highest BCUT2D eigenvalue weighted by atomic mass is 16.4. The summed E-state index contributed by atoms with van der Waals surface area (Å²) in [7, 11) is 0. The molecule has 1 aromatic carbocycles. The minimum Gasteiger partial charge on any atom is -0.478 e. The van der Waals surface area contributed by atoms with E-state index in [1.807, 2.05) is 24.3 Å². The Morgan fingerprint density at radius 3 is 2.75 bits per heavy atom. The molecule has 84 valence electrons. The summed E-state index contributed by atoms with van der Waals surface area (Å²) in [6.45, 7) is 2.14. The van der Waals surface area contributed by atoms with Crippen molar-refractivity contribution in [2.75, 3.05) is 0 Å². The maximum Gasteiger partial charge on any atom is 0.328 e. The summed E-state index contributed by atoms with van der Waals surface area (Å²) in [5, 5.41) is 8.43. The lowest BCUT2D eigenvalue weighted by Gasteiger charge is -2.02. The second kappa shape index (κ2) is 6.62. The molecular weight excluding hydrogens is 200 g/mol. The van der Waals surface area contributed by atoms with Crippen LogP contribution in [0.4, 0.5) is 0 Å². The average Bonchev–Trinajstić information content (AvgIpc) is 2.26. The molecule has 0 aliphatic rings. The molecule has 0 fully saturated rings. The Bertz CT molecular complexity index is 403. The third kappa shape index (κ3) is 4.13. The first kappa shape index (κ1) is 12.2. The summed E-state index contributed by atoms with van der Waals surface area (Å²) in [4.78, 5) is 10.3. The standard InChI is InChI=1S/C14H16O2/c1-2-7-12-8-3-4-9-13(12)10-5-6-11-14(15)16/h3-6,8-11H,2,7H2,1H3,(H,15,16)/b10-5+,11-6+. The zero-order chi connectivity index (χ0) is 11.8. The number of allylic oxidation sites excluding steroid dienone is 2. The van der Waals surface area contributed by atoms with E-state index in [9.17, 15) is 4.79 Å². The fraction of sp³-hybridized carbons (Fsp3) is 0.214. The predicted octanol–water partition coefficient (Wildman–Crippen LogP) is 3.29. The van der Waals surface area contributed by atoms with Gasteiger partial charge in [-0.2, -0.15) is 0 Å². The molecule has 0 radical (unpaired) electrons. The zero-order valence-electron chi connectivity index (χ0n) is 9.39. The van der Waals surface area contributed by atoms with Crippen molar-refractivity contribution in [1.29, 1.82) is 0 Å². The monoisotopic (exact) mass is 216 g/mol. The molecule has 1 rings (SSSR count). The number of carboxylic acid groups (broad SMARTS) is 1. The molecule has 1 N–H and O–H groups in total. The lowest BCUT2D eigenvalue weighted by molar-refractivity contribution is -0.131. The van der Waals surface area contributed by atoms with Crippen LogP contribution >= 0.6 is 0 Å². The second-order valence-corrected chi connectivity index (χ2v) is 3.51. The van der Waals surface area contributed by atoms with Crippen LogP contribution in [0.3, 0.4) is 0 Å². The molecule has 0 amide bonds. The maximum atomic E-state index is 10.3. The van der Waals surface area contributed by atoms with Crippen LogP contribution in [0, 0.1) is 0 Å². The Hall–Kier alpha value is -1.83. The number of hydrogen-bond acceptors (Lipinski definition) is 1. The smallest absolute Gasteiger partial charge is 0.328 e. The second-order valence-electron chi connectivity index (χ2n) is 3.51. The minimum atomic E-state index is -0.925. The molecule has 0 atom stereocenters. The first-order chi connectivity index (χ1) is 7.74. The van der Waals surface area contributed by atoms with Gasteiger partial charge in [-0.1, -0.05) is 55.8 Å². The summed E-state index contributed by atoms with van der Waals surface area (Å²) in [6, 6.07) is 8.15. The van der Waals surface area contributed by atoms with Gasteiger partial charge >= 0.3 is 5.97 Å². The summed E-state index contributed by atoms with van der Waals surface area (Å²) in [5.74, 6) is -0.925. The zero-order valence-corrected chi connectivity index (χ0v) is 9.39. The van der Waals surface area contributed by atoms with E-state index in [2.05, 4.69) is 13.0 Å². The molecule has 0 unspecified atom stereocenters. The van der Waals surface area contributed by atoms with Crippen molar-refractivity contribution in [3.8, 4) is 0 Å². The lowest BCUT2D eigenvalue weighted by Crippen LogP contribution is -1.87. The van der Waals surface area contributed by atoms with Gasteiger partial charge in [0.05, 0.1) is 0 Å². The van der Waals surface area contributed by atoms with Crippen molar-refractivity contribution in [2.24, 2.45) is 0 Å². The molecule has 16 heavy (non-hydrogen) atoms. The molecule has 0 saturated heterocycles. The third-order valence-corrected chi connectivity index (χ3v) is 2.20. The molecule has 0 aromatic heterocycles. The molecule has 0 heterocycles. The molecule has 2 heteroatoms. The molecule has 1 aromatic rings. The Labute approximate surface area is 95.9 Å². The fourth-order valence-electron chi connectivity index (χ4n) is 1.49. The Balaban J connectivity index is 2.75. The normalized spacial score (nSPS) is 11.3. The SMILES string of the molecule is CCCc1ccccc1/C=C/C=C/C(=O)O. The van der Waals surface area contributed by atoms with Crippen molar-refractivity contribution in [3.05, 3.63) is 53.6 Å². The van der Waals surface area contributed by atoms with Crippen molar-refractivity contribution < 1.29 is 9.90 Å². The lowest BCUT2D eigenvalue weighted by atomic mass is 10.0. The Kier molecular flexibility index (Phi) is 5.06. The quantitative estimate of drug-likeness (QED) is 0.605. The number of carbonyl (C=O) groups is 1. The van der Waals surface area contributed by atoms with Crippen LogP contribution < -0.4 is 0 Å². The number of rotatable bonds is 5. The molecule has 0 saturated carbocycles. The van der Waals surface area contributed by atoms with E-state index >= 15 is 0 Å². The van der Waals surface area contributed by atoms with Gasteiger partial charge in [0, 0.05) is 6.08 Å². The van der Waals surface area contributed by atoms with Crippen LogP contribution in [0.5, 0.6) is 0 Å². The highest BCUT2D eigenvalue weighted by molar-refractivity contribution is 5.80. The van der Waals surface area contributed by atoms with Gasteiger partial charge in [-0.05, 0) is 17.5 Å². The Morgan fingerprint density at radius 2 is 2.06 bits per heavy atom. The van der Waals surface area contributed by atoms with E-state index in [4.69, 9.17) is 5.11 Å². The van der Waals surface area contributed by atoms with Crippen LogP contribution in [0.1, 0.15) is 24.5 Å². The highest BCUT2D eigenvalue weighted by Crippen LogP contribution is 2.12. The largest absolute Gasteiger partial charge is 0.478 e. The van der Waals surface area contributed by atoms with Crippen molar-refractivity contribution in [3.63, 3.8) is 0 Å². The van der Waals surface area contributed by atoms with Crippen molar-refractivity contribution >= 4 is 12.0 Å². The van der Waals surface area contributed by atoms with E-state index in [1.54, 1.807) is 6.08 Å². The van der Waals surface area contributed by atoms with E-state index in [-0.39, 0.29) is 0 Å². The summed E-state index contributed by atoms with van der Waals surface area (Å²) < 4.78 is 0. The number of carboxylic acids is 1. The van der Waals surface area contributed by atoms with Crippen molar-refractivity contribution in [1.82, 2.24) is 0 Å². The number of benzene rings is 1. The molecule has 2 nitrogen and oxygen atoms in total. The van der Waals surface area contributed by atoms with Gasteiger partial charge < -0.3 is 5.11 Å². The van der Waals surface area contributed by atoms with Crippen LogP contribution in [-0.2, 0) is 11.2 Å². The maximum absolute atomic E-state index is 10.3. The van der Waals surface area contributed by atoms with Crippen LogP contribution in [0.15, 0.2) is 42.5 Å². The molecule has 0 bridgehead atoms. The third-order valence-electron chi connectivity index (χ3n) is 2.20. The fourth-order valence-corrected chi connectivity index (χ4v) is 1.49. The molecule has 0 aliphatic carbocycles. The summed E-state index contributed by atoms with van der Waals surface area (Å²) >= 11 is 0. The van der Waals surface area contributed by atoms with E-state index in [0.29, 0.717) is 0 Å². The van der Waals surface area contributed by atoms with Gasteiger partial charge in [0.2, 0.25) is 0 Å². The predicted molar refractivity (Wildman–Crippen MR) is 66.2 cm³/mol. The molecule has 0 spiro atoms. The molecule has 0 aliphatic heterocycles. The summed E-state index contributed by atoms with van der Waals surface area (Å²) in [6.07, 6.45) is 8.50. The van der Waals surface area contributed by atoms with Gasteiger partial charge in [-0.25, -0.2) is 4.79 Å². The summed E-state index contributed by atoms with van der Waals surface area (Å²) in [5.41, 5.74) is 2.45. The number of aryl methyl sites for hydroxylation is 1. The molecular formula is C14H16O2. The Morgan fingerprint density at radius 1 is 1.31 bits per heavy atom. The van der Waals surface area contributed by atoms with E-state index in [1.165, 1.54) is 11.6 Å². The van der Waals surface area contributed by atoms with Crippen molar-refractivity contribution in [2.45, 2.75) is 19.8 Å². The first-order valence-corrected chi connectivity index (χ1v) is 5.39. The van der Waals surface area contributed by atoms with Gasteiger partial charge in [0.1, 0.15) is 0 Å². The first-order valence-electron chi connectivity index (χ1n) is 5.39. The van der Waals surface area contributed by atoms with Crippen LogP contribution in [0.25, 0.3) is 6.08 Å². The van der Waals surface area contributed by atoms with Gasteiger partial charge in [-0.15, -0.1) is 0 Å². The van der Waals surface area contributed by atoms with Gasteiger partial charge in [-0.3, -0.25) is 0 Å². The average molecular weight is 216 g/mol. The topological polar surface area (TPSA) is 37.3 Å². The van der Waals surface area contributed by atoms with Gasteiger partial charge in [0.15, 0.2) is 0 Å².